The van der Waals surface area contributed by atoms with Crippen LogP contribution in [0.1, 0.15) is 28.2 Å². The van der Waals surface area contributed by atoms with E-state index in [1.165, 1.54) is 50.1 Å². The second kappa shape index (κ2) is 11.0. The van der Waals surface area contributed by atoms with E-state index in [1.54, 1.807) is 0 Å². The van der Waals surface area contributed by atoms with E-state index in [0.717, 1.165) is 28.3 Å². The fourth-order valence-corrected chi connectivity index (χ4v) is 8.70. The number of allylic oxidation sites excluding steroid dienone is 4. The summed E-state index contributed by atoms with van der Waals surface area (Å²) in [5, 5.41) is 0. The topological polar surface area (TPSA) is 25.8 Å². The van der Waals surface area contributed by atoms with Crippen molar-refractivity contribution in [2.24, 2.45) is 5.92 Å². The van der Waals surface area contributed by atoms with Crippen LogP contribution in [0.25, 0.3) is 56.2 Å². The summed E-state index contributed by atoms with van der Waals surface area (Å²) in [7, 11) is 0. The molecule has 0 saturated heterocycles. The van der Waals surface area contributed by atoms with Crippen molar-refractivity contribution in [2.45, 2.75) is 11.3 Å². The first-order valence-electron chi connectivity index (χ1n) is 17.1. The highest BCUT2D eigenvalue weighted by atomic mass is 14.9. The average Bonchev–Trinajstić information content (AvgIpc) is 3.66. The van der Waals surface area contributed by atoms with Gasteiger partial charge in [-0.15, -0.1) is 0 Å². The first-order valence-corrected chi connectivity index (χ1v) is 17.1. The Balaban J connectivity index is 1.15. The molecule has 7 aromatic rings. The van der Waals surface area contributed by atoms with Gasteiger partial charge >= 0.3 is 0 Å². The summed E-state index contributed by atoms with van der Waals surface area (Å²) in [6.45, 7) is 0. The van der Waals surface area contributed by atoms with Crippen molar-refractivity contribution in [1.82, 2.24) is 9.97 Å². The second-order valence-electron chi connectivity index (χ2n) is 13.3. The minimum Gasteiger partial charge on any atom is -0.228 e. The van der Waals surface area contributed by atoms with Gasteiger partial charge in [-0.05, 0) is 38.9 Å². The molecule has 0 N–H and O–H groups in total. The monoisotopic (exact) mass is 624 g/mol. The summed E-state index contributed by atoms with van der Waals surface area (Å²) in [5.41, 5.74) is 15.1. The molecule has 0 amide bonds. The highest BCUT2D eigenvalue weighted by Crippen LogP contribution is 2.66. The number of hydrogen-bond acceptors (Lipinski definition) is 2. The van der Waals surface area contributed by atoms with Gasteiger partial charge in [0.2, 0.25) is 0 Å². The summed E-state index contributed by atoms with van der Waals surface area (Å²) in [6, 6.07) is 56.7. The number of nitrogens with zero attached hydrogens (tertiary/aromatic N) is 2. The SMILES string of the molecule is C1=CC2c3ccccc3C3(c4ccccc4-c4nc(-c5ccc(-c6ccc(-c7ccccc7)cc6)cc5)nc(-c5ccccc5)c43)C2C=C1. The van der Waals surface area contributed by atoms with E-state index < -0.39 is 5.41 Å². The Morgan fingerprint density at radius 1 is 0.408 bits per heavy atom. The summed E-state index contributed by atoms with van der Waals surface area (Å²) in [6.07, 6.45) is 9.23. The van der Waals surface area contributed by atoms with Crippen LogP contribution in [0.5, 0.6) is 0 Å². The Morgan fingerprint density at radius 2 is 0.918 bits per heavy atom. The Morgan fingerprint density at radius 3 is 1.61 bits per heavy atom. The highest BCUT2D eigenvalue weighted by molar-refractivity contribution is 5.90. The van der Waals surface area contributed by atoms with Gasteiger partial charge in [0.05, 0.1) is 16.8 Å². The maximum Gasteiger partial charge on any atom is 0.160 e. The third-order valence-corrected chi connectivity index (χ3v) is 10.8. The van der Waals surface area contributed by atoms with E-state index in [2.05, 4.69) is 182 Å². The molecular weight excluding hydrogens is 593 g/mol. The quantitative estimate of drug-likeness (QED) is 0.195. The Kier molecular flexibility index (Phi) is 6.25. The van der Waals surface area contributed by atoms with E-state index >= 15 is 0 Å². The predicted octanol–water partition coefficient (Wildman–Crippen LogP) is 11.3. The smallest absolute Gasteiger partial charge is 0.160 e. The van der Waals surface area contributed by atoms with Crippen molar-refractivity contribution in [3.05, 3.63) is 204 Å². The molecule has 3 atom stereocenters. The minimum absolute atomic E-state index is 0.224. The molecule has 2 heteroatoms. The molecule has 230 valence electrons. The second-order valence-corrected chi connectivity index (χ2v) is 13.3. The zero-order valence-corrected chi connectivity index (χ0v) is 26.9. The number of hydrogen-bond donors (Lipinski definition) is 0. The summed E-state index contributed by atoms with van der Waals surface area (Å²) < 4.78 is 0. The number of benzene rings is 6. The largest absolute Gasteiger partial charge is 0.228 e. The van der Waals surface area contributed by atoms with Crippen LogP contribution in [-0.4, -0.2) is 9.97 Å². The van der Waals surface area contributed by atoms with Crippen molar-refractivity contribution >= 4 is 0 Å². The summed E-state index contributed by atoms with van der Waals surface area (Å²) in [4.78, 5) is 11.0. The average molecular weight is 625 g/mol. The van der Waals surface area contributed by atoms with Crippen LogP contribution in [-0.2, 0) is 5.41 Å². The van der Waals surface area contributed by atoms with E-state index in [9.17, 15) is 0 Å². The van der Waals surface area contributed by atoms with Crippen molar-refractivity contribution in [1.29, 1.82) is 0 Å². The van der Waals surface area contributed by atoms with E-state index in [1.807, 2.05) is 0 Å². The first-order chi connectivity index (χ1) is 24.3. The lowest BCUT2D eigenvalue weighted by Crippen LogP contribution is -2.33. The molecule has 6 aromatic carbocycles. The molecule has 3 aliphatic carbocycles. The van der Waals surface area contributed by atoms with Crippen LogP contribution in [0.15, 0.2) is 182 Å². The number of fused-ring (bicyclic) bond motifs is 10. The van der Waals surface area contributed by atoms with E-state index in [4.69, 9.17) is 9.97 Å². The molecule has 49 heavy (non-hydrogen) atoms. The van der Waals surface area contributed by atoms with Gasteiger partial charge in [-0.3, -0.25) is 0 Å². The normalized spacial score (nSPS) is 19.3. The van der Waals surface area contributed by atoms with Crippen molar-refractivity contribution < 1.29 is 0 Å². The summed E-state index contributed by atoms with van der Waals surface area (Å²) in [5.74, 6) is 1.26. The van der Waals surface area contributed by atoms with Gasteiger partial charge in [0.15, 0.2) is 5.82 Å². The molecule has 3 unspecified atom stereocenters. The lowest BCUT2D eigenvalue weighted by atomic mass is 9.65. The molecule has 10 rings (SSSR count). The van der Waals surface area contributed by atoms with Crippen LogP contribution in [0.4, 0.5) is 0 Å². The molecule has 1 spiro atoms. The van der Waals surface area contributed by atoms with E-state index in [-0.39, 0.29) is 11.8 Å². The van der Waals surface area contributed by atoms with Crippen LogP contribution >= 0.6 is 0 Å². The van der Waals surface area contributed by atoms with Gasteiger partial charge in [-0.25, -0.2) is 9.97 Å². The Labute approximate surface area is 286 Å². The number of rotatable bonds is 4. The van der Waals surface area contributed by atoms with Gasteiger partial charge in [-0.1, -0.05) is 182 Å². The fourth-order valence-electron chi connectivity index (χ4n) is 8.70. The molecule has 0 bridgehead atoms. The molecule has 0 fully saturated rings. The predicted molar refractivity (Wildman–Crippen MR) is 200 cm³/mol. The molecule has 1 heterocycles. The van der Waals surface area contributed by atoms with Crippen LogP contribution in [0, 0.1) is 5.92 Å². The Hall–Kier alpha value is -6.12. The standard InChI is InChI=1S/C47H32N2/c1-3-13-31(14-4-1)32-23-25-33(26-24-32)34-27-29-36(30-28-34)46-48-44(35-15-5-2-6-16-35)43-45(49-46)39-19-9-12-22-42(39)47(43)40-20-10-7-17-37(40)38-18-8-11-21-41(38)47/h1-30,37,40H. The maximum absolute atomic E-state index is 5.49. The molecular formula is C47H32N2. The first kappa shape index (κ1) is 27.9. The Bertz CT molecular complexity index is 2420. The van der Waals surface area contributed by atoms with Crippen LogP contribution < -0.4 is 0 Å². The molecule has 0 radical (unpaired) electrons. The third-order valence-electron chi connectivity index (χ3n) is 10.8. The minimum atomic E-state index is -0.395. The molecule has 0 aliphatic heterocycles. The van der Waals surface area contributed by atoms with Crippen LogP contribution in [0.3, 0.4) is 0 Å². The van der Waals surface area contributed by atoms with Gasteiger partial charge in [-0.2, -0.15) is 0 Å². The van der Waals surface area contributed by atoms with E-state index in [0.29, 0.717) is 0 Å². The zero-order valence-electron chi connectivity index (χ0n) is 26.9. The lowest BCUT2D eigenvalue weighted by molar-refractivity contribution is 0.465. The van der Waals surface area contributed by atoms with Gasteiger partial charge < -0.3 is 0 Å². The van der Waals surface area contributed by atoms with Gasteiger partial charge in [0.1, 0.15) is 0 Å². The lowest BCUT2D eigenvalue weighted by Gasteiger charge is -2.36. The number of aromatic nitrogens is 2. The zero-order chi connectivity index (χ0) is 32.4. The van der Waals surface area contributed by atoms with Crippen LogP contribution in [0.2, 0.25) is 0 Å². The molecule has 2 nitrogen and oxygen atoms in total. The molecule has 0 saturated carbocycles. The molecule has 3 aliphatic rings. The summed E-state index contributed by atoms with van der Waals surface area (Å²) >= 11 is 0. The van der Waals surface area contributed by atoms with Crippen molar-refractivity contribution in [2.75, 3.05) is 0 Å². The highest BCUT2D eigenvalue weighted by Gasteiger charge is 2.58. The van der Waals surface area contributed by atoms with Crippen molar-refractivity contribution in [3.8, 4) is 56.2 Å². The molecule has 1 aromatic heterocycles. The van der Waals surface area contributed by atoms with Crippen molar-refractivity contribution in [3.63, 3.8) is 0 Å². The van der Waals surface area contributed by atoms with Gasteiger partial charge in [0, 0.05) is 34.1 Å². The maximum atomic E-state index is 5.49. The third kappa shape index (κ3) is 4.14. The van der Waals surface area contributed by atoms with Gasteiger partial charge in [0.25, 0.3) is 0 Å². The fraction of sp³-hybridized carbons (Fsp3) is 0.0638.